The molecule has 0 saturated carbocycles. The van der Waals surface area contributed by atoms with E-state index in [1.54, 1.807) is 0 Å². The third kappa shape index (κ3) is 2.25. The number of thiol groups is 2. The lowest BCUT2D eigenvalue weighted by atomic mass is 10.2. The van der Waals surface area contributed by atoms with Gasteiger partial charge in [0.1, 0.15) is 0 Å². The van der Waals surface area contributed by atoms with Crippen LogP contribution in [0.5, 0.6) is 34.5 Å². The Labute approximate surface area is 148 Å². The van der Waals surface area contributed by atoms with Gasteiger partial charge in [0.05, 0.1) is 9.79 Å². The summed E-state index contributed by atoms with van der Waals surface area (Å²) in [5, 5.41) is 0. The predicted octanol–water partition coefficient (Wildman–Crippen LogP) is 4.07. The molecule has 0 bridgehead atoms. The van der Waals surface area contributed by atoms with Crippen LogP contribution < -0.4 is 23.7 Å². The zero-order valence-corrected chi connectivity index (χ0v) is 13.7. The Kier molecular flexibility index (Phi) is 3.72. The summed E-state index contributed by atoms with van der Waals surface area (Å²) in [6, 6.07) is 0. The van der Waals surface area contributed by atoms with E-state index in [4.69, 9.17) is 23.7 Å². The first kappa shape index (κ1) is 16.3. The summed E-state index contributed by atoms with van der Waals surface area (Å²) in [5.41, 5.74) is 0. The Hall–Kier alpha value is -2.14. The van der Waals surface area contributed by atoms with E-state index in [0.717, 1.165) is 0 Å². The van der Waals surface area contributed by atoms with E-state index in [1.165, 1.54) is 0 Å². The monoisotopic (exact) mass is 394 g/mol. The Morgan fingerprint density at radius 3 is 1.36 bits per heavy atom. The molecule has 2 aliphatic heterocycles. The fraction of sp³-hybridized carbons (Fsp3) is 0.143. The topological polar surface area (TPSA) is 46.2 Å². The van der Waals surface area contributed by atoms with Crippen LogP contribution in [-0.2, 0) is 0 Å². The molecule has 25 heavy (non-hydrogen) atoms. The van der Waals surface area contributed by atoms with Gasteiger partial charge >= 0.3 is 0 Å². The Balaban J connectivity index is 1.88. The first-order chi connectivity index (χ1) is 11.9. The van der Waals surface area contributed by atoms with Gasteiger partial charge in [-0.3, -0.25) is 0 Å². The third-order valence-corrected chi connectivity index (χ3v) is 4.29. The van der Waals surface area contributed by atoms with Crippen molar-refractivity contribution in [2.45, 2.75) is 9.79 Å². The molecule has 11 heteroatoms. The number of benzene rings is 2. The second-order valence-corrected chi connectivity index (χ2v) is 5.74. The summed E-state index contributed by atoms with van der Waals surface area (Å²) in [6.07, 6.45) is 0. The van der Waals surface area contributed by atoms with Crippen molar-refractivity contribution in [2.75, 3.05) is 13.6 Å². The van der Waals surface area contributed by atoms with Crippen LogP contribution in [-0.4, -0.2) is 13.6 Å². The molecule has 2 aromatic rings. The van der Waals surface area contributed by atoms with Crippen molar-refractivity contribution >= 4 is 25.3 Å². The molecule has 0 unspecified atom stereocenters. The predicted molar refractivity (Wildman–Crippen MR) is 79.5 cm³/mol. The fourth-order valence-electron chi connectivity index (χ4n) is 2.34. The lowest BCUT2D eigenvalue weighted by Gasteiger charge is -2.15. The molecule has 0 saturated heterocycles. The number of ether oxygens (including phenoxy) is 5. The number of fused-ring (bicyclic) bond motifs is 2. The summed E-state index contributed by atoms with van der Waals surface area (Å²) in [7, 11) is 0. The standard InChI is InChI=1S/C14H6F4O5S2/c15-3-5(17)9(13(24)11-7(3)19-1-21-11)23-10-6(18)4(16)8-12(14(10)25)22-2-20-8/h24-25H,1-2H2. The molecule has 0 radical (unpaired) electrons. The van der Waals surface area contributed by atoms with E-state index in [9.17, 15) is 17.6 Å². The van der Waals surface area contributed by atoms with Gasteiger partial charge < -0.3 is 23.7 Å². The molecule has 132 valence electrons. The summed E-state index contributed by atoms with van der Waals surface area (Å²) in [5.74, 6) is -8.92. The van der Waals surface area contributed by atoms with Crippen LogP contribution in [0, 0.1) is 23.3 Å². The molecule has 0 fully saturated rings. The third-order valence-electron chi connectivity index (χ3n) is 3.47. The Morgan fingerprint density at radius 2 is 0.960 bits per heavy atom. The number of hydrogen-bond donors (Lipinski definition) is 2. The first-order valence-corrected chi connectivity index (χ1v) is 7.48. The normalized spacial score (nSPS) is 14.2. The van der Waals surface area contributed by atoms with Gasteiger partial charge in [-0.2, -0.15) is 17.6 Å². The first-order valence-electron chi connectivity index (χ1n) is 6.58. The van der Waals surface area contributed by atoms with Crippen LogP contribution in [0.2, 0.25) is 0 Å². The van der Waals surface area contributed by atoms with Crippen LogP contribution in [0.3, 0.4) is 0 Å². The van der Waals surface area contributed by atoms with Gasteiger partial charge in [0.2, 0.25) is 48.4 Å². The molecule has 0 atom stereocenters. The maximum absolute atomic E-state index is 14.3. The van der Waals surface area contributed by atoms with Gasteiger partial charge in [-0.05, 0) is 0 Å². The van der Waals surface area contributed by atoms with Crippen LogP contribution in [0.4, 0.5) is 17.6 Å². The molecule has 0 aliphatic carbocycles. The highest BCUT2D eigenvalue weighted by Crippen LogP contribution is 2.52. The highest BCUT2D eigenvalue weighted by molar-refractivity contribution is 7.80. The highest BCUT2D eigenvalue weighted by Gasteiger charge is 2.34. The number of hydrogen-bond acceptors (Lipinski definition) is 7. The van der Waals surface area contributed by atoms with E-state index in [2.05, 4.69) is 25.3 Å². The van der Waals surface area contributed by atoms with Crippen molar-refractivity contribution in [3.8, 4) is 34.5 Å². The van der Waals surface area contributed by atoms with Crippen molar-refractivity contribution in [3.63, 3.8) is 0 Å². The molecular weight excluding hydrogens is 388 g/mol. The summed E-state index contributed by atoms with van der Waals surface area (Å²) >= 11 is 7.98. The quantitative estimate of drug-likeness (QED) is 0.594. The maximum Gasteiger partial charge on any atom is 0.231 e. The fourth-order valence-corrected chi connectivity index (χ4v) is 2.96. The molecule has 4 rings (SSSR count). The van der Waals surface area contributed by atoms with Crippen molar-refractivity contribution < 1.29 is 41.2 Å². The van der Waals surface area contributed by atoms with E-state index in [-0.39, 0.29) is 34.9 Å². The Bertz CT molecular complexity index is 848. The van der Waals surface area contributed by atoms with Gasteiger partial charge in [0, 0.05) is 0 Å². The minimum Gasteiger partial charge on any atom is -0.452 e. The largest absolute Gasteiger partial charge is 0.452 e. The molecule has 2 heterocycles. The van der Waals surface area contributed by atoms with Gasteiger partial charge in [-0.1, -0.05) is 0 Å². The van der Waals surface area contributed by atoms with Gasteiger partial charge in [0.15, 0.2) is 23.0 Å². The van der Waals surface area contributed by atoms with Gasteiger partial charge in [0.25, 0.3) is 0 Å². The Morgan fingerprint density at radius 1 is 0.600 bits per heavy atom. The van der Waals surface area contributed by atoms with Crippen molar-refractivity contribution in [2.24, 2.45) is 0 Å². The van der Waals surface area contributed by atoms with E-state index in [1.807, 2.05) is 0 Å². The number of rotatable bonds is 2. The van der Waals surface area contributed by atoms with Crippen LogP contribution in [0.1, 0.15) is 0 Å². The van der Waals surface area contributed by atoms with Crippen molar-refractivity contribution in [1.29, 1.82) is 0 Å². The van der Waals surface area contributed by atoms with Crippen molar-refractivity contribution in [1.82, 2.24) is 0 Å². The average molecular weight is 394 g/mol. The second-order valence-electron chi connectivity index (χ2n) is 4.84. The second kappa shape index (κ2) is 5.70. The molecule has 2 aliphatic rings. The van der Waals surface area contributed by atoms with E-state index in [0.29, 0.717) is 0 Å². The minimum atomic E-state index is -1.51. The van der Waals surface area contributed by atoms with Crippen molar-refractivity contribution in [3.05, 3.63) is 23.3 Å². The zero-order valence-electron chi connectivity index (χ0n) is 11.9. The van der Waals surface area contributed by atoms with Gasteiger partial charge in [-0.15, -0.1) is 25.3 Å². The molecule has 2 aromatic carbocycles. The molecule has 0 spiro atoms. The smallest absolute Gasteiger partial charge is 0.231 e. The summed E-state index contributed by atoms with van der Waals surface area (Å²) in [6.45, 7) is -0.707. The van der Waals surface area contributed by atoms with Crippen LogP contribution in [0.25, 0.3) is 0 Å². The molecular formula is C14H6F4O5S2. The average Bonchev–Trinajstić information content (AvgIpc) is 3.26. The zero-order chi connectivity index (χ0) is 17.9. The molecule has 0 aromatic heterocycles. The lowest BCUT2D eigenvalue weighted by molar-refractivity contribution is 0.168. The lowest BCUT2D eigenvalue weighted by Crippen LogP contribution is -2.00. The van der Waals surface area contributed by atoms with E-state index >= 15 is 0 Å². The minimum absolute atomic E-state index is 0.223. The van der Waals surface area contributed by atoms with Crippen LogP contribution in [0.15, 0.2) is 9.79 Å². The SMILES string of the molecule is Fc1c(F)c2c(c(S)c1Oc1c(F)c(F)c3c(c1S)OCO3)OCO2. The van der Waals surface area contributed by atoms with Crippen LogP contribution >= 0.6 is 25.3 Å². The summed E-state index contributed by atoms with van der Waals surface area (Å²) in [4.78, 5) is -0.590. The molecule has 5 nitrogen and oxygen atoms in total. The maximum atomic E-state index is 14.3. The number of halogens is 4. The highest BCUT2D eigenvalue weighted by atomic mass is 32.1. The summed E-state index contributed by atoms with van der Waals surface area (Å²) < 4.78 is 81.2. The molecule has 0 N–H and O–H groups in total. The van der Waals surface area contributed by atoms with Gasteiger partial charge in [-0.25, -0.2) is 0 Å². The van der Waals surface area contributed by atoms with E-state index < -0.39 is 46.3 Å². The molecule has 0 amide bonds.